The molecule has 1 N–H and O–H groups in total. The molecular formula is C14H22BrN. The number of rotatable bonds is 6. The molecule has 1 aromatic carbocycles. The zero-order valence-corrected chi connectivity index (χ0v) is 12.1. The van der Waals surface area contributed by atoms with E-state index in [2.05, 4.69) is 60.2 Å². The van der Waals surface area contributed by atoms with Gasteiger partial charge in [0.15, 0.2) is 0 Å². The number of halogens is 1. The van der Waals surface area contributed by atoms with E-state index in [1.807, 2.05) is 0 Å². The maximum absolute atomic E-state index is 3.56. The van der Waals surface area contributed by atoms with Crippen LogP contribution in [0.15, 0.2) is 22.7 Å². The molecule has 0 aliphatic heterocycles. The molecule has 0 fully saturated rings. The van der Waals surface area contributed by atoms with Crippen LogP contribution in [0, 0.1) is 6.92 Å². The molecule has 1 aromatic rings. The number of unbranched alkanes of at least 4 members (excludes halogenated alkanes) is 2. The van der Waals surface area contributed by atoms with Crippen molar-refractivity contribution in [3.05, 3.63) is 28.2 Å². The second-order valence-corrected chi connectivity index (χ2v) is 5.36. The predicted octanol–water partition coefficient (Wildman–Crippen LogP) is 5.14. The Hall–Kier alpha value is -0.500. The molecule has 1 unspecified atom stereocenters. The molecule has 0 saturated carbocycles. The van der Waals surface area contributed by atoms with Crippen LogP contribution in [0.4, 0.5) is 5.69 Å². The van der Waals surface area contributed by atoms with Gasteiger partial charge in [-0.25, -0.2) is 0 Å². The third-order valence-electron chi connectivity index (χ3n) is 2.83. The van der Waals surface area contributed by atoms with E-state index in [0.717, 1.165) is 0 Å². The fourth-order valence-electron chi connectivity index (χ4n) is 1.74. The van der Waals surface area contributed by atoms with Gasteiger partial charge in [0.25, 0.3) is 0 Å². The summed E-state index contributed by atoms with van der Waals surface area (Å²) in [4.78, 5) is 0. The highest BCUT2D eigenvalue weighted by Crippen LogP contribution is 2.21. The summed E-state index contributed by atoms with van der Waals surface area (Å²) in [6.07, 6.45) is 5.20. The quantitative estimate of drug-likeness (QED) is 0.713. The third kappa shape index (κ3) is 4.56. The molecule has 1 nitrogen and oxygen atoms in total. The monoisotopic (exact) mass is 283 g/mol. The highest BCUT2D eigenvalue weighted by molar-refractivity contribution is 9.10. The van der Waals surface area contributed by atoms with Crippen molar-refractivity contribution in [2.75, 3.05) is 5.32 Å². The van der Waals surface area contributed by atoms with Crippen molar-refractivity contribution >= 4 is 21.6 Å². The lowest BCUT2D eigenvalue weighted by atomic mass is 10.1. The number of aryl methyl sites for hydroxylation is 1. The van der Waals surface area contributed by atoms with Gasteiger partial charge in [0, 0.05) is 16.2 Å². The molecule has 0 bridgehead atoms. The summed E-state index contributed by atoms with van der Waals surface area (Å²) < 4.78 is 1.18. The van der Waals surface area contributed by atoms with Gasteiger partial charge in [-0.3, -0.25) is 0 Å². The Morgan fingerprint density at radius 3 is 2.69 bits per heavy atom. The van der Waals surface area contributed by atoms with Gasteiger partial charge < -0.3 is 5.32 Å². The van der Waals surface area contributed by atoms with Crippen molar-refractivity contribution in [1.82, 2.24) is 0 Å². The molecule has 0 heterocycles. The first-order chi connectivity index (χ1) is 7.63. The second-order valence-electron chi connectivity index (χ2n) is 4.51. The minimum atomic E-state index is 0.557. The largest absolute Gasteiger partial charge is 0.383 e. The summed E-state index contributed by atoms with van der Waals surface area (Å²) >= 11 is 3.56. The lowest BCUT2D eigenvalue weighted by Gasteiger charge is -2.15. The standard InChI is InChI=1S/C14H22BrN/c1-4-5-6-7-12(3)16-13-9-8-11(2)14(15)10-13/h8-10,12,16H,4-7H2,1-3H3. The Labute approximate surface area is 108 Å². The molecular weight excluding hydrogens is 262 g/mol. The number of nitrogens with one attached hydrogen (secondary N) is 1. The number of hydrogen-bond acceptors (Lipinski definition) is 1. The average Bonchev–Trinajstić information content (AvgIpc) is 2.24. The first kappa shape index (κ1) is 13.6. The Morgan fingerprint density at radius 2 is 2.06 bits per heavy atom. The Bertz CT molecular complexity index is 323. The summed E-state index contributed by atoms with van der Waals surface area (Å²) in [5.74, 6) is 0. The maximum Gasteiger partial charge on any atom is 0.0353 e. The molecule has 90 valence electrons. The molecule has 1 rings (SSSR count). The van der Waals surface area contributed by atoms with E-state index < -0.39 is 0 Å². The lowest BCUT2D eigenvalue weighted by molar-refractivity contribution is 0.615. The van der Waals surface area contributed by atoms with E-state index in [1.165, 1.54) is 41.4 Å². The Morgan fingerprint density at radius 1 is 1.31 bits per heavy atom. The number of anilines is 1. The highest BCUT2D eigenvalue weighted by Gasteiger charge is 2.02. The van der Waals surface area contributed by atoms with Crippen LogP contribution in [-0.4, -0.2) is 6.04 Å². The van der Waals surface area contributed by atoms with Crippen LogP contribution < -0.4 is 5.32 Å². The van der Waals surface area contributed by atoms with E-state index in [9.17, 15) is 0 Å². The molecule has 16 heavy (non-hydrogen) atoms. The van der Waals surface area contributed by atoms with Crippen LogP contribution in [0.2, 0.25) is 0 Å². The lowest BCUT2D eigenvalue weighted by Crippen LogP contribution is -2.14. The Kier molecular flexibility index (Phi) is 5.89. The minimum absolute atomic E-state index is 0.557. The van der Waals surface area contributed by atoms with E-state index in [0.29, 0.717) is 6.04 Å². The summed E-state index contributed by atoms with van der Waals surface area (Å²) in [7, 11) is 0. The van der Waals surface area contributed by atoms with Crippen LogP contribution in [0.25, 0.3) is 0 Å². The van der Waals surface area contributed by atoms with Crippen molar-refractivity contribution in [1.29, 1.82) is 0 Å². The van der Waals surface area contributed by atoms with Crippen molar-refractivity contribution in [2.45, 2.75) is 52.5 Å². The van der Waals surface area contributed by atoms with Gasteiger partial charge in [-0.2, -0.15) is 0 Å². The van der Waals surface area contributed by atoms with Crippen LogP contribution in [0.3, 0.4) is 0 Å². The molecule has 0 spiro atoms. The predicted molar refractivity (Wildman–Crippen MR) is 76.1 cm³/mol. The van der Waals surface area contributed by atoms with Gasteiger partial charge in [-0.15, -0.1) is 0 Å². The van der Waals surface area contributed by atoms with E-state index in [-0.39, 0.29) is 0 Å². The fourth-order valence-corrected chi connectivity index (χ4v) is 2.12. The second kappa shape index (κ2) is 6.95. The minimum Gasteiger partial charge on any atom is -0.383 e. The van der Waals surface area contributed by atoms with Gasteiger partial charge in [-0.1, -0.05) is 48.2 Å². The van der Waals surface area contributed by atoms with Gasteiger partial charge in [-0.05, 0) is 38.0 Å². The van der Waals surface area contributed by atoms with Crippen molar-refractivity contribution in [3.63, 3.8) is 0 Å². The van der Waals surface area contributed by atoms with Gasteiger partial charge in [0.2, 0.25) is 0 Å². The summed E-state index contributed by atoms with van der Waals surface area (Å²) in [6.45, 7) is 6.61. The third-order valence-corrected chi connectivity index (χ3v) is 3.68. The average molecular weight is 284 g/mol. The first-order valence-electron chi connectivity index (χ1n) is 6.16. The topological polar surface area (TPSA) is 12.0 Å². The zero-order valence-electron chi connectivity index (χ0n) is 10.5. The van der Waals surface area contributed by atoms with Gasteiger partial charge in [0.1, 0.15) is 0 Å². The first-order valence-corrected chi connectivity index (χ1v) is 6.95. The molecule has 0 amide bonds. The van der Waals surface area contributed by atoms with Crippen molar-refractivity contribution in [2.24, 2.45) is 0 Å². The SMILES string of the molecule is CCCCCC(C)Nc1ccc(C)c(Br)c1. The van der Waals surface area contributed by atoms with Crippen molar-refractivity contribution < 1.29 is 0 Å². The van der Waals surface area contributed by atoms with Crippen LogP contribution in [0.5, 0.6) is 0 Å². The smallest absolute Gasteiger partial charge is 0.0353 e. The molecule has 0 aromatic heterocycles. The van der Waals surface area contributed by atoms with Crippen LogP contribution in [0.1, 0.15) is 45.1 Å². The summed E-state index contributed by atoms with van der Waals surface area (Å²) in [6, 6.07) is 7.01. The van der Waals surface area contributed by atoms with E-state index in [4.69, 9.17) is 0 Å². The molecule has 0 aliphatic rings. The zero-order chi connectivity index (χ0) is 12.0. The van der Waals surface area contributed by atoms with E-state index in [1.54, 1.807) is 0 Å². The molecule has 2 heteroatoms. The molecule has 0 aliphatic carbocycles. The normalized spacial score (nSPS) is 12.5. The van der Waals surface area contributed by atoms with Gasteiger partial charge in [0.05, 0.1) is 0 Å². The number of benzene rings is 1. The summed E-state index contributed by atoms with van der Waals surface area (Å²) in [5, 5.41) is 3.54. The van der Waals surface area contributed by atoms with Gasteiger partial charge >= 0.3 is 0 Å². The maximum atomic E-state index is 3.56. The van der Waals surface area contributed by atoms with Crippen LogP contribution in [-0.2, 0) is 0 Å². The fraction of sp³-hybridized carbons (Fsp3) is 0.571. The highest BCUT2D eigenvalue weighted by atomic mass is 79.9. The molecule has 1 atom stereocenters. The van der Waals surface area contributed by atoms with Crippen LogP contribution >= 0.6 is 15.9 Å². The molecule has 0 saturated heterocycles. The summed E-state index contributed by atoms with van der Waals surface area (Å²) in [5.41, 5.74) is 2.49. The van der Waals surface area contributed by atoms with Crippen molar-refractivity contribution in [3.8, 4) is 0 Å². The van der Waals surface area contributed by atoms with E-state index >= 15 is 0 Å². The number of hydrogen-bond donors (Lipinski definition) is 1. The molecule has 0 radical (unpaired) electrons. The Balaban J connectivity index is 2.43.